The summed E-state index contributed by atoms with van der Waals surface area (Å²) >= 11 is 1.21. The predicted molar refractivity (Wildman–Crippen MR) is 116 cm³/mol. The van der Waals surface area contributed by atoms with E-state index in [1.807, 2.05) is 24.3 Å². The highest BCUT2D eigenvalue weighted by Crippen LogP contribution is 2.23. The molecule has 0 fully saturated rings. The number of hydrogen-bond acceptors (Lipinski definition) is 8. The molecule has 2 amide bonds. The number of anilines is 1. The molecule has 0 saturated heterocycles. The Hall–Kier alpha value is -3.53. The van der Waals surface area contributed by atoms with Crippen LogP contribution in [0, 0.1) is 6.92 Å². The van der Waals surface area contributed by atoms with Gasteiger partial charge in [0.2, 0.25) is 17.7 Å². The lowest BCUT2D eigenvalue weighted by Gasteiger charge is -2.08. The number of nitrogens with zero attached hydrogens (tertiary/aromatic N) is 2. The number of rotatable bonds is 10. The first-order valence-electron chi connectivity index (χ1n) is 9.36. The van der Waals surface area contributed by atoms with E-state index in [-0.39, 0.29) is 23.3 Å². The first-order chi connectivity index (χ1) is 15.0. The summed E-state index contributed by atoms with van der Waals surface area (Å²) in [6.45, 7) is 2.06. The van der Waals surface area contributed by atoms with Crippen LogP contribution in [0.1, 0.15) is 11.3 Å². The lowest BCUT2D eigenvalue weighted by molar-refractivity contribution is -0.118. The van der Waals surface area contributed by atoms with Gasteiger partial charge in [-0.05, 0) is 24.6 Å². The Labute approximate surface area is 183 Å². The van der Waals surface area contributed by atoms with Crippen molar-refractivity contribution in [3.8, 4) is 17.4 Å². The summed E-state index contributed by atoms with van der Waals surface area (Å²) in [5, 5.41) is 9.08. The monoisotopic (exact) mass is 442 g/mol. The summed E-state index contributed by atoms with van der Waals surface area (Å²) in [4.78, 5) is 28.0. The van der Waals surface area contributed by atoms with Crippen molar-refractivity contribution in [1.29, 1.82) is 0 Å². The van der Waals surface area contributed by atoms with Crippen molar-refractivity contribution in [1.82, 2.24) is 15.5 Å². The minimum Gasteiger partial charge on any atom is -0.497 e. The largest absolute Gasteiger partial charge is 0.497 e. The van der Waals surface area contributed by atoms with Gasteiger partial charge in [0.1, 0.15) is 17.3 Å². The molecule has 0 radical (unpaired) electrons. The molecule has 10 heteroatoms. The lowest BCUT2D eigenvalue weighted by atomic mass is 10.3. The minimum absolute atomic E-state index is 0.136. The molecule has 0 atom stereocenters. The van der Waals surface area contributed by atoms with Gasteiger partial charge in [-0.1, -0.05) is 17.3 Å². The van der Waals surface area contributed by atoms with E-state index in [2.05, 4.69) is 20.8 Å². The van der Waals surface area contributed by atoms with E-state index in [9.17, 15) is 9.59 Å². The van der Waals surface area contributed by atoms with Crippen LogP contribution in [0.15, 0.2) is 53.2 Å². The first kappa shape index (κ1) is 22.2. The predicted octanol–water partition coefficient (Wildman–Crippen LogP) is 3.17. The standard InChI is InChI=1S/C21H22N4O5S/c1-14-8-18(25-30-14)24-20(27)13-31-12-19(26)22-10-15-6-7-21(23-11-15)29-17-5-3-4-16(9-17)28-2/h3-9,11H,10,12-13H2,1-2H3,(H,22,26)(H,24,25,27). The molecule has 0 aliphatic carbocycles. The second-order valence-electron chi connectivity index (χ2n) is 6.43. The van der Waals surface area contributed by atoms with E-state index < -0.39 is 0 Å². The summed E-state index contributed by atoms with van der Waals surface area (Å²) in [6.07, 6.45) is 1.64. The maximum atomic E-state index is 12.0. The van der Waals surface area contributed by atoms with Crippen LogP contribution in [0.2, 0.25) is 0 Å². The van der Waals surface area contributed by atoms with Crippen molar-refractivity contribution < 1.29 is 23.6 Å². The van der Waals surface area contributed by atoms with Gasteiger partial charge < -0.3 is 24.6 Å². The molecule has 3 aromatic rings. The topological polar surface area (TPSA) is 116 Å². The average Bonchev–Trinajstić information content (AvgIpc) is 3.17. The van der Waals surface area contributed by atoms with Gasteiger partial charge in [-0.25, -0.2) is 4.98 Å². The quantitative estimate of drug-likeness (QED) is 0.492. The van der Waals surface area contributed by atoms with Gasteiger partial charge in [0.15, 0.2) is 5.82 Å². The fourth-order valence-corrected chi connectivity index (χ4v) is 3.10. The molecule has 1 aromatic carbocycles. The number of aromatic nitrogens is 2. The zero-order valence-electron chi connectivity index (χ0n) is 17.1. The number of ether oxygens (including phenoxy) is 2. The molecule has 0 aliphatic heterocycles. The van der Waals surface area contributed by atoms with Crippen molar-refractivity contribution >= 4 is 29.4 Å². The molecule has 162 valence electrons. The number of pyridine rings is 1. The van der Waals surface area contributed by atoms with Gasteiger partial charge in [-0.2, -0.15) is 0 Å². The Bertz CT molecular complexity index is 1020. The van der Waals surface area contributed by atoms with Gasteiger partial charge in [-0.15, -0.1) is 11.8 Å². The van der Waals surface area contributed by atoms with Crippen LogP contribution in [-0.2, 0) is 16.1 Å². The molecule has 2 N–H and O–H groups in total. The number of benzene rings is 1. The van der Waals surface area contributed by atoms with Crippen LogP contribution in [0.25, 0.3) is 0 Å². The Kier molecular flexibility index (Phi) is 7.88. The zero-order chi connectivity index (χ0) is 22.1. The lowest BCUT2D eigenvalue weighted by Crippen LogP contribution is -2.25. The van der Waals surface area contributed by atoms with Crippen LogP contribution in [0.3, 0.4) is 0 Å². The van der Waals surface area contributed by atoms with Gasteiger partial charge in [0.25, 0.3) is 0 Å². The second-order valence-corrected chi connectivity index (χ2v) is 7.41. The van der Waals surface area contributed by atoms with E-state index in [1.54, 1.807) is 38.4 Å². The maximum absolute atomic E-state index is 12.0. The smallest absolute Gasteiger partial charge is 0.235 e. The summed E-state index contributed by atoms with van der Waals surface area (Å²) in [7, 11) is 1.59. The van der Waals surface area contributed by atoms with E-state index in [1.165, 1.54) is 11.8 Å². The average molecular weight is 442 g/mol. The molecule has 9 nitrogen and oxygen atoms in total. The third kappa shape index (κ3) is 7.34. The van der Waals surface area contributed by atoms with Crippen molar-refractivity contribution in [2.24, 2.45) is 0 Å². The molecular weight excluding hydrogens is 420 g/mol. The number of methoxy groups -OCH3 is 1. The molecule has 0 unspecified atom stereocenters. The van der Waals surface area contributed by atoms with Crippen molar-refractivity contribution in [2.45, 2.75) is 13.5 Å². The highest BCUT2D eigenvalue weighted by molar-refractivity contribution is 8.00. The highest BCUT2D eigenvalue weighted by Gasteiger charge is 2.09. The molecule has 3 rings (SSSR count). The van der Waals surface area contributed by atoms with Crippen molar-refractivity contribution in [3.05, 3.63) is 60.0 Å². The highest BCUT2D eigenvalue weighted by atomic mass is 32.2. The van der Waals surface area contributed by atoms with Crippen LogP contribution < -0.4 is 20.1 Å². The third-order valence-electron chi connectivity index (χ3n) is 3.91. The van der Waals surface area contributed by atoms with Gasteiger partial charge in [0.05, 0.1) is 18.6 Å². The molecule has 0 aliphatic rings. The normalized spacial score (nSPS) is 10.4. The fourth-order valence-electron chi connectivity index (χ4n) is 2.45. The molecule has 0 bridgehead atoms. The van der Waals surface area contributed by atoms with Crippen LogP contribution in [-0.4, -0.2) is 40.6 Å². The van der Waals surface area contributed by atoms with Crippen LogP contribution in [0.5, 0.6) is 17.4 Å². The Morgan fingerprint density at radius 2 is 1.90 bits per heavy atom. The number of hydrogen-bond donors (Lipinski definition) is 2. The van der Waals surface area contributed by atoms with Gasteiger partial charge >= 0.3 is 0 Å². The van der Waals surface area contributed by atoms with Gasteiger partial charge in [0, 0.05) is 30.9 Å². The number of carbonyl (C=O) groups excluding carboxylic acids is 2. The number of amides is 2. The number of carbonyl (C=O) groups is 2. The molecule has 0 saturated carbocycles. The number of thioether (sulfide) groups is 1. The number of aryl methyl sites for hydroxylation is 1. The SMILES string of the molecule is COc1cccc(Oc2ccc(CNC(=O)CSCC(=O)Nc3cc(C)on3)cn2)c1. The van der Waals surface area contributed by atoms with Gasteiger partial charge in [-0.3, -0.25) is 9.59 Å². The summed E-state index contributed by atoms with van der Waals surface area (Å²) in [6, 6.07) is 12.4. The zero-order valence-corrected chi connectivity index (χ0v) is 17.9. The number of nitrogens with one attached hydrogen (secondary N) is 2. The third-order valence-corrected chi connectivity index (χ3v) is 4.85. The van der Waals surface area contributed by atoms with E-state index >= 15 is 0 Å². The van der Waals surface area contributed by atoms with Crippen LogP contribution >= 0.6 is 11.8 Å². The minimum atomic E-state index is -0.248. The Morgan fingerprint density at radius 3 is 2.61 bits per heavy atom. The molecule has 0 spiro atoms. The van der Waals surface area contributed by atoms with Crippen molar-refractivity contribution in [2.75, 3.05) is 23.9 Å². The Morgan fingerprint density at radius 1 is 1.10 bits per heavy atom. The Balaban J connectivity index is 1.36. The van der Waals surface area contributed by atoms with E-state index in [0.717, 1.165) is 5.56 Å². The molecule has 31 heavy (non-hydrogen) atoms. The molecule has 2 heterocycles. The summed E-state index contributed by atoms with van der Waals surface area (Å²) < 4.78 is 15.7. The maximum Gasteiger partial charge on any atom is 0.235 e. The van der Waals surface area contributed by atoms with E-state index in [0.29, 0.717) is 35.5 Å². The first-order valence-corrected chi connectivity index (χ1v) is 10.5. The van der Waals surface area contributed by atoms with Crippen molar-refractivity contribution in [3.63, 3.8) is 0 Å². The fraction of sp³-hybridized carbons (Fsp3) is 0.238. The molecular formula is C21H22N4O5S. The summed E-state index contributed by atoms with van der Waals surface area (Å²) in [5.41, 5.74) is 0.829. The van der Waals surface area contributed by atoms with E-state index in [4.69, 9.17) is 14.0 Å². The second kappa shape index (κ2) is 11.0. The summed E-state index contributed by atoms with van der Waals surface area (Å²) in [5.74, 6) is 2.59. The van der Waals surface area contributed by atoms with Crippen LogP contribution in [0.4, 0.5) is 5.82 Å². The molecule has 2 aromatic heterocycles.